The van der Waals surface area contributed by atoms with Gasteiger partial charge in [-0.3, -0.25) is 0 Å². The van der Waals surface area contributed by atoms with Crippen LogP contribution < -0.4 is 10.1 Å². The third-order valence-electron chi connectivity index (χ3n) is 3.00. The van der Waals surface area contributed by atoms with Crippen LogP contribution in [0.15, 0.2) is 24.3 Å². The minimum absolute atomic E-state index is 0.230. The van der Waals surface area contributed by atoms with E-state index in [0.717, 1.165) is 12.2 Å². The van der Waals surface area contributed by atoms with Gasteiger partial charge < -0.3 is 15.2 Å². The van der Waals surface area contributed by atoms with Crippen LogP contribution >= 0.6 is 11.8 Å². The average molecular weight is 307 g/mol. The third kappa shape index (κ3) is 4.88. The Labute approximate surface area is 119 Å². The molecule has 1 atom stereocenters. The largest absolute Gasteiger partial charge is 0.573 e. The van der Waals surface area contributed by atoms with Gasteiger partial charge in [0.2, 0.25) is 0 Å². The van der Waals surface area contributed by atoms with Crippen molar-refractivity contribution >= 4 is 11.8 Å². The smallest absolute Gasteiger partial charge is 0.406 e. The van der Waals surface area contributed by atoms with Crippen LogP contribution in [0.5, 0.6) is 5.75 Å². The molecule has 1 aromatic carbocycles. The fourth-order valence-corrected chi connectivity index (χ4v) is 3.32. The normalized spacial score (nSPS) is 23.0. The van der Waals surface area contributed by atoms with Gasteiger partial charge in [-0.25, -0.2) is 0 Å². The monoisotopic (exact) mass is 307 g/mol. The van der Waals surface area contributed by atoms with E-state index >= 15 is 0 Å². The third-order valence-corrected chi connectivity index (χ3v) is 4.23. The Bertz CT molecular complexity index is 447. The molecule has 1 saturated heterocycles. The molecular formula is C13H16F3NO2S. The maximum Gasteiger partial charge on any atom is 0.573 e. The predicted octanol–water partition coefficient (Wildman–Crippen LogP) is 2.54. The van der Waals surface area contributed by atoms with Crippen molar-refractivity contribution in [3.8, 4) is 5.75 Å². The van der Waals surface area contributed by atoms with Crippen LogP contribution in [0.4, 0.5) is 13.2 Å². The van der Waals surface area contributed by atoms with E-state index in [1.807, 2.05) is 0 Å². The Morgan fingerprint density at radius 3 is 2.85 bits per heavy atom. The first kappa shape index (κ1) is 15.5. The molecule has 112 valence electrons. The molecule has 1 aromatic rings. The highest BCUT2D eigenvalue weighted by Gasteiger charge is 2.32. The summed E-state index contributed by atoms with van der Waals surface area (Å²) in [6.07, 6.45) is -3.94. The zero-order valence-corrected chi connectivity index (χ0v) is 11.6. The molecule has 0 aromatic heterocycles. The Kier molecular flexibility index (Phi) is 4.82. The quantitative estimate of drug-likeness (QED) is 0.877. The molecule has 3 nitrogen and oxygen atoms in total. The van der Waals surface area contributed by atoms with Gasteiger partial charge in [0, 0.05) is 18.8 Å². The van der Waals surface area contributed by atoms with E-state index in [1.165, 1.54) is 18.2 Å². The molecule has 0 bridgehead atoms. The molecule has 1 heterocycles. The molecule has 1 fully saturated rings. The molecule has 1 aliphatic heterocycles. The minimum Gasteiger partial charge on any atom is -0.406 e. The fraction of sp³-hybridized carbons (Fsp3) is 0.538. The van der Waals surface area contributed by atoms with Gasteiger partial charge in [0.05, 0.1) is 5.60 Å². The number of rotatable bonds is 5. The van der Waals surface area contributed by atoms with Crippen molar-refractivity contribution in [3.05, 3.63) is 29.8 Å². The highest BCUT2D eigenvalue weighted by molar-refractivity contribution is 7.99. The number of ether oxygens (including phenoxy) is 1. The maximum atomic E-state index is 12.1. The summed E-state index contributed by atoms with van der Waals surface area (Å²) in [5.74, 6) is 1.40. The molecule has 0 radical (unpaired) electrons. The average Bonchev–Trinajstić information content (AvgIpc) is 2.74. The summed E-state index contributed by atoms with van der Waals surface area (Å²) in [6, 6.07) is 5.83. The van der Waals surface area contributed by atoms with E-state index in [4.69, 9.17) is 0 Å². The lowest BCUT2D eigenvalue weighted by molar-refractivity contribution is -0.274. The first-order valence-corrected chi connectivity index (χ1v) is 7.37. The summed E-state index contributed by atoms with van der Waals surface area (Å²) in [4.78, 5) is 0. The van der Waals surface area contributed by atoms with Crippen molar-refractivity contribution in [3.63, 3.8) is 0 Å². The van der Waals surface area contributed by atoms with Crippen molar-refractivity contribution < 1.29 is 23.0 Å². The number of nitrogens with one attached hydrogen (secondary N) is 1. The van der Waals surface area contributed by atoms with Crippen molar-refractivity contribution in [2.45, 2.75) is 24.9 Å². The van der Waals surface area contributed by atoms with Crippen LogP contribution in [0.25, 0.3) is 0 Å². The van der Waals surface area contributed by atoms with Crippen molar-refractivity contribution in [2.24, 2.45) is 0 Å². The van der Waals surface area contributed by atoms with E-state index in [-0.39, 0.29) is 5.75 Å². The van der Waals surface area contributed by atoms with Crippen LogP contribution in [0.2, 0.25) is 0 Å². The maximum absolute atomic E-state index is 12.1. The lowest BCUT2D eigenvalue weighted by Gasteiger charge is -2.21. The van der Waals surface area contributed by atoms with Crippen molar-refractivity contribution in [1.82, 2.24) is 5.32 Å². The molecular weight excluding hydrogens is 291 g/mol. The summed E-state index contributed by atoms with van der Waals surface area (Å²) in [5, 5.41) is 13.2. The summed E-state index contributed by atoms with van der Waals surface area (Å²) < 4.78 is 40.2. The number of thioether (sulfide) groups is 1. The second kappa shape index (κ2) is 6.24. The molecule has 0 amide bonds. The molecule has 0 aliphatic carbocycles. The number of aliphatic hydroxyl groups is 1. The lowest BCUT2D eigenvalue weighted by Crippen LogP contribution is -2.40. The van der Waals surface area contributed by atoms with Gasteiger partial charge in [0.25, 0.3) is 0 Å². The van der Waals surface area contributed by atoms with Gasteiger partial charge in [-0.15, -0.1) is 13.2 Å². The van der Waals surface area contributed by atoms with Crippen molar-refractivity contribution in [2.75, 3.05) is 18.1 Å². The van der Waals surface area contributed by atoms with Crippen LogP contribution in [0.1, 0.15) is 12.0 Å². The van der Waals surface area contributed by atoms with Crippen LogP contribution in [0.3, 0.4) is 0 Å². The van der Waals surface area contributed by atoms with Gasteiger partial charge in [-0.05, 0) is 29.9 Å². The van der Waals surface area contributed by atoms with Gasteiger partial charge in [-0.2, -0.15) is 11.8 Å². The molecule has 1 aliphatic rings. The van der Waals surface area contributed by atoms with Crippen LogP contribution in [-0.2, 0) is 6.54 Å². The number of benzene rings is 1. The topological polar surface area (TPSA) is 41.5 Å². The van der Waals surface area contributed by atoms with Crippen molar-refractivity contribution in [1.29, 1.82) is 0 Å². The number of hydrogen-bond acceptors (Lipinski definition) is 4. The van der Waals surface area contributed by atoms with Gasteiger partial charge in [0.15, 0.2) is 0 Å². The summed E-state index contributed by atoms with van der Waals surface area (Å²) in [7, 11) is 0. The van der Waals surface area contributed by atoms with Gasteiger partial charge in [0.1, 0.15) is 5.75 Å². The Morgan fingerprint density at radius 2 is 2.20 bits per heavy atom. The molecule has 7 heteroatoms. The van der Waals surface area contributed by atoms with E-state index in [2.05, 4.69) is 10.1 Å². The van der Waals surface area contributed by atoms with Gasteiger partial charge >= 0.3 is 6.36 Å². The number of halogens is 3. The molecule has 0 spiro atoms. The van der Waals surface area contributed by atoms with E-state index in [1.54, 1.807) is 17.8 Å². The van der Waals surface area contributed by atoms with Gasteiger partial charge in [-0.1, -0.05) is 12.1 Å². The standard InChI is InChI=1S/C13H16F3NO2S/c14-13(15,16)19-11-3-1-2-10(6-11)7-17-8-12(18)4-5-20-9-12/h1-3,6,17-18H,4-5,7-9H2. The second-order valence-electron chi connectivity index (χ2n) is 4.83. The minimum atomic E-state index is -4.68. The Morgan fingerprint density at radius 1 is 1.40 bits per heavy atom. The zero-order valence-electron chi connectivity index (χ0n) is 10.7. The van der Waals surface area contributed by atoms with Crippen LogP contribution in [0, 0.1) is 0 Å². The Hall–Kier alpha value is -0.920. The molecule has 20 heavy (non-hydrogen) atoms. The van der Waals surface area contributed by atoms with E-state index in [9.17, 15) is 18.3 Å². The first-order chi connectivity index (χ1) is 9.36. The van der Waals surface area contributed by atoms with E-state index < -0.39 is 12.0 Å². The SMILES string of the molecule is OC1(CNCc2cccc(OC(F)(F)F)c2)CCSC1. The summed E-state index contributed by atoms with van der Waals surface area (Å²) in [6.45, 7) is 0.826. The van der Waals surface area contributed by atoms with E-state index in [0.29, 0.717) is 24.4 Å². The molecule has 1 unspecified atom stereocenters. The molecule has 2 rings (SSSR count). The first-order valence-electron chi connectivity index (χ1n) is 6.22. The zero-order chi connectivity index (χ0) is 14.6. The molecule has 2 N–H and O–H groups in total. The summed E-state index contributed by atoms with van der Waals surface area (Å²) >= 11 is 1.70. The highest BCUT2D eigenvalue weighted by Crippen LogP contribution is 2.27. The predicted molar refractivity (Wildman–Crippen MR) is 71.7 cm³/mol. The number of hydrogen-bond donors (Lipinski definition) is 2. The molecule has 0 saturated carbocycles. The number of alkyl halides is 3. The van der Waals surface area contributed by atoms with Crippen LogP contribution in [-0.4, -0.2) is 35.1 Å². The Balaban J connectivity index is 1.85. The highest BCUT2D eigenvalue weighted by atomic mass is 32.2. The second-order valence-corrected chi connectivity index (χ2v) is 5.93. The summed E-state index contributed by atoms with van der Waals surface area (Å²) in [5.41, 5.74) is -0.0221. The fourth-order valence-electron chi connectivity index (χ4n) is 2.03. The lowest BCUT2D eigenvalue weighted by atomic mass is 10.0.